The number of alkyl halides is 2. The molecule has 0 fully saturated rings. The van der Waals surface area contributed by atoms with Crippen LogP contribution in [0.15, 0.2) is 54.7 Å². The fourth-order valence-electron chi connectivity index (χ4n) is 3.32. The highest BCUT2D eigenvalue weighted by Crippen LogP contribution is 2.24. The number of carbonyl (C=O) groups is 1. The molecule has 0 spiro atoms. The SMILES string of the molecule is Cc1cc(C(=N)c2c(N)cc(NC(=O)N[C@H](COC(F)F)c3ccccc3)nc2CO)ccn1. The van der Waals surface area contributed by atoms with Crippen molar-refractivity contribution < 1.29 is 23.4 Å². The summed E-state index contributed by atoms with van der Waals surface area (Å²) in [6.07, 6.45) is 1.56. The zero-order chi connectivity index (χ0) is 24.7. The molecular weight excluding hydrogens is 446 g/mol. The largest absolute Gasteiger partial charge is 0.398 e. The number of aromatic nitrogens is 2. The Kier molecular flexibility index (Phi) is 8.17. The van der Waals surface area contributed by atoms with E-state index in [1.807, 2.05) is 0 Å². The maximum atomic E-state index is 12.6. The minimum Gasteiger partial charge on any atom is -0.398 e. The van der Waals surface area contributed by atoms with Gasteiger partial charge in [0.25, 0.3) is 0 Å². The maximum Gasteiger partial charge on any atom is 0.345 e. The van der Waals surface area contributed by atoms with Crippen LogP contribution in [0.2, 0.25) is 0 Å². The summed E-state index contributed by atoms with van der Waals surface area (Å²) in [6, 6.07) is 11.6. The van der Waals surface area contributed by atoms with Crippen LogP contribution in [0.1, 0.15) is 34.1 Å². The fraction of sp³-hybridized carbons (Fsp3) is 0.217. The topological polar surface area (TPSA) is 146 Å². The zero-order valence-electron chi connectivity index (χ0n) is 18.3. The van der Waals surface area contributed by atoms with E-state index >= 15 is 0 Å². The molecule has 9 nitrogen and oxygen atoms in total. The van der Waals surface area contributed by atoms with E-state index in [4.69, 9.17) is 11.1 Å². The molecule has 6 N–H and O–H groups in total. The van der Waals surface area contributed by atoms with Gasteiger partial charge in [0, 0.05) is 34.8 Å². The van der Waals surface area contributed by atoms with Crippen molar-refractivity contribution in [1.29, 1.82) is 5.41 Å². The Hall–Kier alpha value is -3.96. The summed E-state index contributed by atoms with van der Waals surface area (Å²) in [5.74, 6) is 0.0168. The maximum absolute atomic E-state index is 12.6. The van der Waals surface area contributed by atoms with E-state index in [1.54, 1.807) is 55.6 Å². The molecule has 3 aromatic rings. The van der Waals surface area contributed by atoms with Gasteiger partial charge in [-0.05, 0) is 24.6 Å². The molecule has 0 unspecified atom stereocenters. The van der Waals surface area contributed by atoms with E-state index in [0.717, 1.165) is 0 Å². The predicted molar refractivity (Wildman–Crippen MR) is 123 cm³/mol. The second-order valence-electron chi connectivity index (χ2n) is 7.29. The van der Waals surface area contributed by atoms with Crippen LogP contribution in [0.25, 0.3) is 0 Å². The molecule has 1 aromatic carbocycles. The number of urea groups is 1. The van der Waals surface area contributed by atoms with Gasteiger partial charge in [0.15, 0.2) is 0 Å². The number of nitrogens with one attached hydrogen (secondary N) is 3. The van der Waals surface area contributed by atoms with Crippen LogP contribution < -0.4 is 16.4 Å². The molecule has 11 heteroatoms. The number of aliphatic hydroxyl groups is 1. The average molecular weight is 470 g/mol. The molecule has 1 atom stereocenters. The molecule has 2 heterocycles. The van der Waals surface area contributed by atoms with Gasteiger partial charge in [-0.1, -0.05) is 30.3 Å². The van der Waals surface area contributed by atoms with Gasteiger partial charge >= 0.3 is 12.6 Å². The molecular formula is C23H24F2N6O3. The molecule has 0 saturated carbocycles. The van der Waals surface area contributed by atoms with Crippen molar-refractivity contribution in [2.24, 2.45) is 0 Å². The zero-order valence-corrected chi connectivity index (χ0v) is 18.3. The van der Waals surface area contributed by atoms with E-state index < -0.39 is 31.9 Å². The summed E-state index contributed by atoms with van der Waals surface area (Å²) in [5, 5.41) is 23.4. The number of halogens is 2. The molecule has 0 aliphatic rings. The molecule has 178 valence electrons. The predicted octanol–water partition coefficient (Wildman–Crippen LogP) is 3.38. The highest BCUT2D eigenvalue weighted by molar-refractivity contribution is 6.14. The Balaban J connectivity index is 1.80. The Labute approximate surface area is 194 Å². The summed E-state index contributed by atoms with van der Waals surface area (Å²) < 4.78 is 29.5. The van der Waals surface area contributed by atoms with Gasteiger partial charge in [0.2, 0.25) is 0 Å². The Morgan fingerprint density at radius 1 is 1.24 bits per heavy atom. The highest BCUT2D eigenvalue weighted by atomic mass is 19.3. The Morgan fingerprint density at radius 2 is 1.97 bits per heavy atom. The minimum atomic E-state index is -2.99. The molecule has 0 aliphatic carbocycles. The number of hydrogen-bond acceptors (Lipinski definition) is 7. The van der Waals surface area contributed by atoms with Crippen molar-refractivity contribution in [2.75, 3.05) is 17.7 Å². The summed E-state index contributed by atoms with van der Waals surface area (Å²) in [5.41, 5.74) is 8.44. The first kappa shape index (κ1) is 24.7. The van der Waals surface area contributed by atoms with Crippen LogP contribution in [-0.4, -0.2) is 40.0 Å². The highest BCUT2D eigenvalue weighted by Gasteiger charge is 2.20. The Morgan fingerprint density at radius 3 is 2.62 bits per heavy atom. The first-order valence-electron chi connectivity index (χ1n) is 10.2. The number of aryl methyl sites for hydroxylation is 1. The van der Waals surface area contributed by atoms with E-state index in [1.165, 1.54) is 6.07 Å². The molecule has 2 aromatic heterocycles. The first-order chi connectivity index (χ1) is 16.3. The number of hydrogen-bond donors (Lipinski definition) is 5. The quantitative estimate of drug-likeness (QED) is 0.303. The number of ether oxygens (including phenoxy) is 1. The number of nitrogens with zero attached hydrogens (tertiary/aromatic N) is 2. The summed E-state index contributed by atoms with van der Waals surface area (Å²) in [7, 11) is 0. The van der Waals surface area contributed by atoms with Gasteiger partial charge in [-0.3, -0.25) is 15.7 Å². The lowest BCUT2D eigenvalue weighted by Gasteiger charge is -2.20. The number of pyridine rings is 2. The fourth-order valence-corrected chi connectivity index (χ4v) is 3.32. The van der Waals surface area contributed by atoms with Crippen molar-refractivity contribution in [3.8, 4) is 0 Å². The van der Waals surface area contributed by atoms with Crippen molar-refractivity contribution >= 4 is 23.2 Å². The second kappa shape index (κ2) is 11.3. The number of anilines is 2. The standard InChI is InChI=1S/C23H24F2N6O3/c1-13-9-15(7-8-28-13)21(27)20-16(26)10-19(29-17(20)11-32)31-23(33)30-18(12-34-22(24)25)14-5-3-2-4-6-14/h2-10,18,22,27,32H,11-12H2,1H3,(H4,26,29,30,31,33)/t18-/m1/s1. The molecule has 2 amide bonds. The lowest BCUT2D eigenvalue weighted by molar-refractivity contribution is -0.133. The first-order valence-corrected chi connectivity index (χ1v) is 10.2. The smallest absolute Gasteiger partial charge is 0.345 e. The van der Waals surface area contributed by atoms with Crippen LogP contribution in [-0.2, 0) is 11.3 Å². The van der Waals surface area contributed by atoms with Gasteiger partial charge < -0.3 is 20.9 Å². The third-order valence-corrected chi connectivity index (χ3v) is 4.85. The summed E-state index contributed by atoms with van der Waals surface area (Å²) >= 11 is 0. The van der Waals surface area contributed by atoms with E-state index in [0.29, 0.717) is 16.8 Å². The monoisotopic (exact) mass is 470 g/mol. The normalized spacial score (nSPS) is 11.8. The number of amides is 2. The van der Waals surface area contributed by atoms with E-state index in [9.17, 15) is 18.7 Å². The summed E-state index contributed by atoms with van der Waals surface area (Å²) in [4.78, 5) is 20.9. The Bertz CT molecular complexity index is 1160. The number of aliphatic hydroxyl groups excluding tert-OH is 1. The van der Waals surface area contributed by atoms with Gasteiger partial charge in [-0.15, -0.1) is 0 Å². The lowest BCUT2D eigenvalue weighted by Crippen LogP contribution is -2.35. The van der Waals surface area contributed by atoms with Gasteiger partial charge in [-0.2, -0.15) is 8.78 Å². The molecule has 34 heavy (non-hydrogen) atoms. The molecule has 0 bridgehead atoms. The lowest BCUT2D eigenvalue weighted by atomic mass is 9.99. The molecule has 0 aliphatic heterocycles. The number of rotatable bonds is 9. The van der Waals surface area contributed by atoms with Crippen molar-refractivity contribution in [2.45, 2.75) is 26.2 Å². The molecule has 0 saturated heterocycles. The van der Waals surface area contributed by atoms with Gasteiger partial charge in [0.1, 0.15) is 5.82 Å². The van der Waals surface area contributed by atoms with Crippen molar-refractivity contribution in [1.82, 2.24) is 15.3 Å². The van der Waals surface area contributed by atoms with Crippen molar-refractivity contribution in [3.63, 3.8) is 0 Å². The van der Waals surface area contributed by atoms with Gasteiger partial charge in [0.05, 0.1) is 30.7 Å². The van der Waals surface area contributed by atoms with E-state index in [2.05, 4.69) is 25.3 Å². The van der Waals surface area contributed by atoms with E-state index in [-0.39, 0.29) is 28.5 Å². The second-order valence-corrected chi connectivity index (χ2v) is 7.29. The minimum absolute atomic E-state index is 0.0168. The average Bonchev–Trinajstić information content (AvgIpc) is 2.81. The number of benzene rings is 1. The van der Waals surface area contributed by atoms with Crippen LogP contribution in [0.4, 0.5) is 25.1 Å². The van der Waals surface area contributed by atoms with Crippen LogP contribution >= 0.6 is 0 Å². The van der Waals surface area contributed by atoms with Crippen LogP contribution in [0.3, 0.4) is 0 Å². The summed E-state index contributed by atoms with van der Waals surface area (Å²) in [6.45, 7) is -2.19. The van der Waals surface area contributed by atoms with Crippen LogP contribution in [0, 0.1) is 12.3 Å². The number of nitrogens with two attached hydrogens (primary N) is 1. The van der Waals surface area contributed by atoms with Crippen molar-refractivity contribution in [3.05, 3.63) is 82.8 Å². The van der Waals surface area contributed by atoms with Crippen LogP contribution in [0.5, 0.6) is 0 Å². The van der Waals surface area contributed by atoms with Gasteiger partial charge in [-0.25, -0.2) is 9.78 Å². The molecule has 3 rings (SSSR count). The number of nitrogen functional groups attached to an aromatic ring is 1. The third-order valence-electron chi connectivity index (χ3n) is 4.85. The number of carbonyl (C=O) groups excluding carboxylic acids is 1. The third kappa shape index (κ3) is 6.30. The molecule has 0 radical (unpaired) electrons.